The molecule has 0 aromatic heterocycles. The van der Waals surface area contributed by atoms with E-state index in [1.165, 1.54) is 6.07 Å². The summed E-state index contributed by atoms with van der Waals surface area (Å²) in [6.07, 6.45) is 1.74. The summed E-state index contributed by atoms with van der Waals surface area (Å²) in [7, 11) is 1.59. The van der Waals surface area contributed by atoms with Crippen LogP contribution in [0, 0.1) is 5.82 Å². The Kier molecular flexibility index (Phi) is 4.69. The Hall–Kier alpha value is -2.56. The molecule has 0 saturated carbocycles. The van der Waals surface area contributed by atoms with E-state index in [2.05, 4.69) is 12.2 Å². The number of carbonyl (C=O) groups excluding carboxylic acids is 1. The van der Waals surface area contributed by atoms with Crippen LogP contribution in [0.3, 0.4) is 0 Å². The average molecular weight is 328 g/mol. The molecule has 1 N–H and O–H groups in total. The highest BCUT2D eigenvalue weighted by Crippen LogP contribution is 2.31. The van der Waals surface area contributed by atoms with E-state index in [1.807, 2.05) is 23.1 Å². The molecule has 24 heavy (non-hydrogen) atoms. The third kappa shape index (κ3) is 3.50. The number of amides is 1. The van der Waals surface area contributed by atoms with Gasteiger partial charge in [0.15, 0.2) is 0 Å². The molecule has 0 aliphatic carbocycles. The predicted molar refractivity (Wildman–Crippen MR) is 93.2 cm³/mol. The second-order valence-electron chi connectivity index (χ2n) is 6.07. The molecule has 4 nitrogen and oxygen atoms in total. The Morgan fingerprint density at radius 2 is 2.17 bits per heavy atom. The molecule has 3 rings (SSSR count). The maximum atomic E-state index is 13.4. The smallest absolute Gasteiger partial charge is 0.243 e. The van der Waals surface area contributed by atoms with Crippen LogP contribution in [0.25, 0.3) is 0 Å². The number of rotatable bonds is 4. The number of carbonyl (C=O) groups is 1. The summed E-state index contributed by atoms with van der Waals surface area (Å²) >= 11 is 0. The molecule has 0 radical (unpaired) electrons. The number of hydrogen-bond donors (Lipinski definition) is 1. The first kappa shape index (κ1) is 16.3. The van der Waals surface area contributed by atoms with E-state index in [0.29, 0.717) is 11.4 Å². The monoisotopic (exact) mass is 328 g/mol. The van der Waals surface area contributed by atoms with Crippen LogP contribution < -0.4 is 15.0 Å². The van der Waals surface area contributed by atoms with Crippen molar-refractivity contribution in [3.8, 4) is 5.75 Å². The fourth-order valence-corrected chi connectivity index (χ4v) is 3.09. The van der Waals surface area contributed by atoms with Crippen LogP contribution >= 0.6 is 0 Å². The lowest BCUT2D eigenvalue weighted by molar-refractivity contribution is -0.115. The Balaban J connectivity index is 1.74. The number of hydrogen-bond acceptors (Lipinski definition) is 3. The highest BCUT2D eigenvalue weighted by atomic mass is 19.1. The SMILES string of the molecule is COc1cccc(NC(=O)CN2c3ccc(F)cc3CC[C@H]2C)c1. The third-order valence-corrected chi connectivity index (χ3v) is 4.38. The zero-order valence-electron chi connectivity index (χ0n) is 13.9. The number of aryl methyl sites for hydroxylation is 1. The molecule has 1 aliphatic heterocycles. The molecule has 1 heterocycles. The molecular formula is C19H21FN2O2. The lowest BCUT2D eigenvalue weighted by Crippen LogP contribution is -2.42. The quantitative estimate of drug-likeness (QED) is 0.932. The Morgan fingerprint density at radius 3 is 2.96 bits per heavy atom. The van der Waals surface area contributed by atoms with Gasteiger partial charge in [0.2, 0.25) is 5.91 Å². The van der Waals surface area contributed by atoms with Crippen molar-refractivity contribution in [3.05, 3.63) is 53.8 Å². The summed E-state index contributed by atoms with van der Waals surface area (Å²) in [4.78, 5) is 14.5. The van der Waals surface area contributed by atoms with Gasteiger partial charge in [0.1, 0.15) is 11.6 Å². The van der Waals surface area contributed by atoms with Gasteiger partial charge < -0.3 is 15.0 Å². The van der Waals surface area contributed by atoms with E-state index in [-0.39, 0.29) is 24.3 Å². The van der Waals surface area contributed by atoms with Gasteiger partial charge in [-0.05, 0) is 55.7 Å². The minimum atomic E-state index is -0.232. The van der Waals surface area contributed by atoms with Gasteiger partial charge in [0.25, 0.3) is 0 Å². The fourth-order valence-electron chi connectivity index (χ4n) is 3.09. The van der Waals surface area contributed by atoms with Crippen molar-refractivity contribution in [2.45, 2.75) is 25.8 Å². The van der Waals surface area contributed by atoms with Crippen molar-refractivity contribution in [1.82, 2.24) is 0 Å². The predicted octanol–water partition coefficient (Wildman–Crippen LogP) is 3.61. The van der Waals surface area contributed by atoms with Crippen LogP contribution in [0.2, 0.25) is 0 Å². The van der Waals surface area contributed by atoms with Gasteiger partial charge in [-0.25, -0.2) is 4.39 Å². The van der Waals surface area contributed by atoms with Crippen molar-refractivity contribution < 1.29 is 13.9 Å². The maximum absolute atomic E-state index is 13.4. The van der Waals surface area contributed by atoms with Gasteiger partial charge in [-0.1, -0.05) is 6.07 Å². The van der Waals surface area contributed by atoms with Crippen LogP contribution in [-0.2, 0) is 11.2 Å². The van der Waals surface area contributed by atoms with E-state index >= 15 is 0 Å². The minimum absolute atomic E-state index is 0.104. The van der Waals surface area contributed by atoms with Crippen LogP contribution in [0.4, 0.5) is 15.8 Å². The van der Waals surface area contributed by atoms with Crippen LogP contribution in [0.1, 0.15) is 18.9 Å². The van der Waals surface area contributed by atoms with Gasteiger partial charge in [-0.3, -0.25) is 4.79 Å². The van der Waals surface area contributed by atoms with E-state index in [9.17, 15) is 9.18 Å². The zero-order chi connectivity index (χ0) is 17.1. The first-order valence-electron chi connectivity index (χ1n) is 8.06. The first-order chi connectivity index (χ1) is 11.6. The Labute approximate surface area is 141 Å². The molecule has 0 saturated heterocycles. The molecule has 2 aromatic carbocycles. The third-order valence-electron chi connectivity index (χ3n) is 4.38. The standard InChI is InChI=1S/C19H21FN2O2/c1-13-6-7-14-10-15(20)8-9-18(14)22(13)12-19(23)21-16-4-3-5-17(11-16)24-2/h3-5,8-11,13H,6-7,12H2,1-2H3,(H,21,23)/t13-/m1/s1. The van der Waals surface area contributed by atoms with Crippen LogP contribution in [0.15, 0.2) is 42.5 Å². The first-order valence-corrected chi connectivity index (χ1v) is 8.06. The Morgan fingerprint density at radius 1 is 1.33 bits per heavy atom. The van der Waals surface area contributed by atoms with Crippen molar-refractivity contribution in [2.75, 3.05) is 23.9 Å². The second kappa shape index (κ2) is 6.91. The highest BCUT2D eigenvalue weighted by Gasteiger charge is 2.25. The van der Waals surface area contributed by atoms with Crippen molar-refractivity contribution in [1.29, 1.82) is 0 Å². The number of anilines is 2. The topological polar surface area (TPSA) is 41.6 Å². The summed E-state index contributed by atoms with van der Waals surface area (Å²) < 4.78 is 18.6. The van der Waals surface area contributed by atoms with Crippen molar-refractivity contribution in [3.63, 3.8) is 0 Å². The molecule has 1 aliphatic rings. The van der Waals surface area contributed by atoms with E-state index in [4.69, 9.17) is 4.74 Å². The summed E-state index contributed by atoms with van der Waals surface area (Å²) in [6.45, 7) is 2.32. The number of nitrogens with zero attached hydrogens (tertiary/aromatic N) is 1. The molecule has 0 fully saturated rings. The Bertz CT molecular complexity index is 748. The molecule has 1 amide bonds. The summed E-state index contributed by atoms with van der Waals surface area (Å²) in [5.41, 5.74) is 2.60. The normalized spacial score (nSPS) is 16.5. The van der Waals surface area contributed by atoms with Crippen molar-refractivity contribution >= 4 is 17.3 Å². The maximum Gasteiger partial charge on any atom is 0.243 e. The molecule has 0 bridgehead atoms. The fraction of sp³-hybridized carbons (Fsp3) is 0.316. The summed E-state index contributed by atoms with van der Waals surface area (Å²) in [5, 5.41) is 2.89. The average Bonchev–Trinajstić information content (AvgIpc) is 2.57. The second-order valence-corrected chi connectivity index (χ2v) is 6.07. The van der Waals surface area contributed by atoms with E-state index in [0.717, 1.165) is 24.1 Å². The molecule has 2 aromatic rings. The lowest BCUT2D eigenvalue weighted by Gasteiger charge is -2.36. The summed E-state index contributed by atoms with van der Waals surface area (Å²) in [5.74, 6) is 0.358. The molecule has 126 valence electrons. The number of nitrogens with one attached hydrogen (secondary N) is 1. The van der Waals surface area contributed by atoms with Gasteiger partial charge in [0, 0.05) is 23.5 Å². The largest absolute Gasteiger partial charge is 0.497 e. The molecule has 0 unspecified atom stereocenters. The highest BCUT2D eigenvalue weighted by molar-refractivity contribution is 5.94. The van der Waals surface area contributed by atoms with Gasteiger partial charge in [-0.15, -0.1) is 0 Å². The number of methoxy groups -OCH3 is 1. The van der Waals surface area contributed by atoms with Gasteiger partial charge in [0.05, 0.1) is 13.7 Å². The lowest BCUT2D eigenvalue weighted by atomic mass is 9.96. The summed E-state index contributed by atoms with van der Waals surface area (Å²) in [6, 6.07) is 12.3. The molecule has 1 atom stereocenters. The number of halogens is 1. The van der Waals surface area contributed by atoms with Gasteiger partial charge in [-0.2, -0.15) is 0 Å². The molecule has 0 spiro atoms. The zero-order valence-corrected chi connectivity index (χ0v) is 13.9. The van der Waals surface area contributed by atoms with Crippen LogP contribution in [-0.4, -0.2) is 25.6 Å². The molecule has 5 heteroatoms. The van der Waals surface area contributed by atoms with E-state index < -0.39 is 0 Å². The van der Waals surface area contributed by atoms with Crippen molar-refractivity contribution in [2.24, 2.45) is 0 Å². The number of fused-ring (bicyclic) bond motifs is 1. The van der Waals surface area contributed by atoms with E-state index in [1.54, 1.807) is 25.3 Å². The van der Waals surface area contributed by atoms with Crippen LogP contribution in [0.5, 0.6) is 5.75 Å². The number of ether oxygens (including phenoxy) is 1. The minimum Gasteiger partial charge on any atom is -0.497 e. The molecular weight excluding hydrogens is 307 g/mol. The number of benzene rings is 2. The van der Waals surface area contributed by atoms with Gasteiger partial charge >= 0.3 is 0 Å².